The Bertz CT molecular complexity index is 83.7. The smallest absolute Gasteiger partial charge is 0.219 e. The summed E-state index contributed by atoms with van der Waals surface area (Å²) in [4.78, 5) is 0. The molecule has 4 nitrogen and oxygen atoms in total. The summed E-state index contributed by atoms with van der Waals surface area (Å²) in [7, 11) is 0. The Morgan fingerprint density at radius 1 is 1.67 bits per heavy atom. The Labute approximate surface area is 40.1 Å². The van der Waals surface area contributed by atoms with Gasteiger partial charge in [0, 0.05) is 10.4 Å². The van der Waals surface area contributed by atoms with Gasteiger partial charge in [-0.3, -0.25) is 4.41 Å². The van der Waals surface area contributed by atoms with Crippen molar-refractivity contribution >= 4 is 19.2 Å². The molecule has 0 spiro atoms. The van der Waals surface area contributed by atoms with Crippen LogP contribution in [0.15, 0.2) is 15.5 Å². The second-order valence-corrected chi connectivity index (χ2v) is 1.19. The minimum atomic E-state index is 0.454. The zero-order chi connectivity index (χ0) is 4.41. The fourth-order valence-electron chi connectivity index (χ4n) is 0.171. The van der Waals surface area contributed by atoms with E-state index in [1.165, 1.54) is 6.34 Å². The van der Waals surface area contributed by atoms with Crippen LogP contribution >= 0.6 is 0 Å². The topological polar surface area (TPSA) is 41.5 Å². The first-order valence-corrected chi connectivity index (χ1v) is 1.78. The van der Waals surface area contributed by atoms with E-state index >= 15 is 0 Å². The molecule has 0 bridgehead atoms. The predicted octanol–water partition coefficient (Wildman–Crippen LogP) is -1.34. The number of hydrogen-bond acceptors (Lipinski definition) is 4. The third-order valence-corrected chi connectivity index (χ3v) is 0.550. The minimum Gasteiger partial charge on any atom is -0.454 e. The van der Waals surface area contributed by atoms with Crippen LogP contribution in [0.3, 0.4) is 0 Å². The maximum Gasteiger partial charge on any atom is 0.219 e. The third kappa shape index (κ3) is 0.550. The van der Waals surface area contributed by atoms with E-state index in [4.69, 9.17) is 0 Å². The van der Waals surface area contributed by atoms with E-state index in [1.807, 2.05) is 0 Å². The molecule has 0 aliphatic carbocycles. The fourth-order valence-corrected chi connectivity index (χ4v) is 0.255. The van der Waals surface area contributed by atoms with Gasteiger partial charge in [-0.05, 0) is 0 Å². The molecule has 1 unspecified atom stereocenters. The van der Waals surface area contributed by atoms with Crippen molar-refractivity contribution in [3.05, 3.63) is 0 Å². The summed E-state index contributed by atoms with van der Waals surface area (Å²) in [6, 6.07) is 0. The molecule has 0 saturated heterocycles. The van der Waals surface area contributed by atoms with Gasteiger partial charge < -0.3 is 12.8 Å². The summed E-state index contributed by atoms with van der Waals surface area (Å²) in [6.07, 6.45) is 1.43. The van der Waals surface area contributed by atoms with Crippen LogP contribution in [0.4, 0.5) is 0 Å². The maximum absolute atomic E-state index is 4.51. The Hall–Kier alpha value is -0.420. The van der Waals surface area contributed by atoms with Crippen LogP contribution in [0.1, 0.15) is 0 Å². The molecular weight excluding hydrogens is 100 g/mol. The van der Waals surface area contributed by atoms with E-state index in [2.05, 4.69) is 28.4 Å². The first-order valence-electron chi connectivity index (χ1n) is 1.37. The average molecular weight is 102 g/mol. The normalized spacial score (nSPS) is 29.2. The molecule has 1 N–H and O–H groups in total. The van der Waals surface area contributed by atoms with Gasteiger partial charge >= 0.3 is 0 Å². The lowest BCUT2D eigenvalue weighted by Gasteiger charge is -1.96. The van der Waals surface area contributed by atoms with Crippen LogP contribution in [0.25, 0.3) is 0 Å². The molecule has 6 heavy (non-hydrogen) atoms. The van der Waals surface area contributed by atoms with Gasteiger partial charge in [-0.15, -0.1) is 0 Å². The molecule has 0 aromatic carbocycles. The summed E-state index contributed by atoms with van der Waals surface area (Å²) in [5.41, 5.74) is 0. The van der Waals surface area contributed by atoms with Crippen LogP contribution in [0.5, 0.6) is 0 Å². The summed E-state index contributed by atoms with van der Waals surface area (Å²) in [5, 5.41) is 9.94. The Kier molecular flexibility index (Phi) is 0.849. The molecule has 5 heteroatoms. The molecule has 1 aliphatic heterocycles. The quantitative estimate of drug-likeness (QED) is 0.378. The van der Waals surface area contributed by atoms with Crippen molar-refractivity contribution in [2.45, 2.75) is 0 Å². The predicted molar refractivity (Wildman–Crippen MR) is 21.7 cm³/mol. The molecule has 0 aromatic heterocycles. The standard InChI is InChI=1S/CH2N4S/c6-5-1-2-3-4-5/h1,5H. The van der Waals surface area contributed by atoms with Crippen molar-refractivity contribution in [1.82, 2.24) is 0 Å². The lowest BCUT2D eigenvalue weighted by Crippen LogP contribution is -3.00. The van der Waals surface area contributed by atoms with Crippen LogP contribution < -0.4 is 4.41 Å². The van der Waals surface area contributed by atoms with E-state index in [9.17, 15) is 0 Å². The van der Waals surface area contributed by atoms with Gasteiger partial charge in [-0.25, -0.2) is 0 Å². The molecule has 0 radical (unpaired) electrons. The molecule has 0 saturated carbocycles. The van der Waals surface area contributed by atoms with Crippen molar-refractivity contribution in [1.29, 1.82) is 0 Å². The Balaban J connectivity index is 2.60. The number of rotatable bonds is 0. The van der Waals surface area contributed by atoms with Crippen LogP contribution in [0, 0.1) is 0 Å². The molecule has 1 rings (SSSR count). The highest BCUT2D eigenvalue weighted by atomic mass is 32.1. The Morgan fingerprint density at radius 3 is 2.67 bits per heavy atom. The van der Waals surface area contributed by atoms with Gasteiger partial charge in [0.25, 0.3) is 0 Å². The largest absolute Gasteiger partial charge is 0.454 e. The molecule has 32 valence electrons. The summed E-state index contributed by atoms with van der Waals surface area (Å²) in [6.45, 7) is 0. The molecule has 0 amide bonds. The first-order chi connectivity index (χ1) is 2.89. The molecule has 1 atom stereocenters. The summed E-state index contributed by atoms with van der Waals surface area (Å²) in [5.74, 6) is 0. The van der Waals surface area contributed by atoms with Crippen molar-refractivity contribution in [3.8, 4) is 0 Å². The number of quaternary nitrogens is 1. The SMILES string of the molecule is [S-][NH+]1C=NN=N1. The van der Waals surface area contributed by atoms with E-state index in [0.29, 0.717) is 4.41 Å². The monoisotopic (exact) mass is 102 g/mol. The van der Waals surface area contributed by atoms with Gasteiger partial charge in [0.2, 0.25) is 6.34 Å². The van der Waals surface area contributed by atoms with Crippen molar-refractivity contribution < 1.29 is 4.41 Å². The van der Waals surface area contributed by atoms with Gasteiger partial charge in [0.15, 0.2) is 0 Å². The first kappa shape index (κ1) is 3.76. The van der Waals surface area contributed by atoms with Gasteiger partial charge in [0.05, 0.1) is 0 Å². The Morgan fingerprint density at radius 2 is 2.50 bits per heavy atom. The summed E-state index contributed by atoms with van der Waals surface area (Å²) >= 11 is 4.51. The third-order valence-electron chi connectivity index (χ3n) is 0.363. The number of nitrogens with one attached hydrogen (secondary N) is 1. The second-order valence-electron chi connectivity index (χ2n) is 0.772. The number of nitrogens with zero attached hydrogens (tertiary/aromatic N) is 3. The summed E-state index contributed by atoms with van der Waals surface area (Å²) < 4.78 is 0.454. The lowest BCUT2D eigenvalue weighted by atomic mass is 11.4. The van der Waals surface area contributed by atoms with E-state index < -0.39 is 0 Å². The zero-order valence-electron chi connectivity index (χ0n) is 2.83. The fraction of sp³-hybridized carbons (Fsp3) is 0. The van der Waals surface area contributed by atoms with Crippen LogP contribution in [-0.4, -0.2) is 6.34 Å². The minimum absolute atomic E-state index is 0.454. The van der Waals surface area contributed by atoms with Gasteiger partial charge in [-0.1, -0.05) is 5.10 Å². The highest BCUT2D eigenvalue weighted by molar-refractivity contribution is 7.51. The molecule has 0 fully saturated rings. The van der Waals surface area contributed by atoms with E-state index in [-0.39, 0.29) is 0 Å². The van der Waals surface area contributed by atoms with Crippen LogP contribution in [-0.2, 0) is 12.8 Å². The van der Waals surface area contributed by atoms with Crippen molar-refractivity contribution in [2.24, 2.45) is 15.5 Å². The highest BCUT2D eigenvalue weighted by Gasteiger charge is 1.87. The molecule has 1 heterocycles. The maximum atomic E-state index is 4.51. The second kappa shape index (κ2) is 1.36. The van der Waals surface area contributed by atoms with Crippen LogP contribution in [0.2, 0.25) is 0 Å². The average Bonchev–Trinajstić information content (AvgIpc) is 1.86. The number of hydrogen-bond donors (Lipinski definition) is 1. The van der Waals surface area contributed by atoms with Gasteiger partial charge in [0.1, 0.15) is 0 Å². The molecular formula is CH2N4S. The van der Waals surface area contributed by atoms with Crippen molar-refractivity contribution in [3.63, 3.8) is 0 Å². The lowest BCUT2D eigenvalue weighted by molar-refractivity contribution is -0.646. The highest BCUT2D eigenvalue weighted by Crippen LogP contribution is 1.67. The molecule has 0 aromatic rings. The van der Waals surface area contributed by atoms with E-state index in [1.54, 1.807) is 0 Å². The molecule has 1 aliphatic rings. The van der Waals surface area contributed by atoms with E-state index in [0.717, 1.165) is 0 Å². The zero-order valence-corrected chi connectivity index (χ0v) is 3.64. The van der Waals surface area contributed by atoms with Crippen molar-refractivity contribution in [2.75, 3.05) is 0 Å². The van der Waals surface area contributed by atoms with Gasteiger partial charge in [-0.2, -0.15) is 0 Å².